The van der Waals surface area contributed by atoms with Crippen LogP contribution in [0.15, 0.2) is 231 Å². The smallest absolute Gasteiger partial charge is 0.0547 e. The van der Waals surface area contributed by atoms with Crippen molar-refractivity contribution in [2.45, 2.75) is 19.3 Å². The number of benzene rings is 10. The zero-order valence-corrected chi connectivity index (χ0v) is 35.3. The van der Waals surface area contributed by atoms with Crippen LogP contribution < -0.4 is 4.90 Å². The van der Waals surface area contributed by atoms with Gasteiger partial charge in [0.1, 0.15) is 0 Å². The molecule has 0 atom stereocenters. The number of hydrogen-bond donors (Lipinski definition) is 0. The van der Waals surface area contributed by atoms with Crippen molar-refractivity contribution in [3.8, 4) is 50.2 Å². The topological polar surface area (TPSA) is 8.17 Å². The SMILES string of the molecule is CC1(C)c2ccccc2-c2c(-c3ccccc3N(c3cccc(-c4ccc5ccccc5c4)c3)c3cccc(-c4cccc5c4c4ccccc4n5-c4ccccc4)c3)cccc21. The van der Waals surface area contributed by atoms with Crippen LogP contribution in [-0.4, -0.2) is 4.57 Å². The minimum absolute atomic E-state index is 0.107. The molecule has 1 heterocycles. The van der Waals surface area contributed by atoms with Crippen molar-refractivity contribution in [3.63, 3.8) is 0 Å². The number of para-hydroxylation sites is 3. The minimum Gasteiger partial charge on any atom is -0.310 e. The number of hydrogen-bond acceptors (Lipinski definition) is 1. The first-order valence-corrected chi connectivity index (χ1v) is 21.9. The Morgan fingerprint density at radius 1 is 0.381 bits per heavy atom. The Morgan fingerprint density at radius 2 is 0.968 bits per heavy atom. The Hall–Kier alpha value is -7.94. The predicted octanol–water partition coefficient (Wildman–Crippen LogP) is 16.7. The number of aromatic nitrogens is 1. The van der Waals surface area contributed by atoms with E-state index in [2.05, 4.69) is 254 Å². The lowest BCUT2D eigenvalue weighted by Crippen LogP contribution is -2.15. The molecule has 2 nitrogen and oxygen atoms in total. The van der Waals surface area contributed by atoms with Gasteiger partial charge in [0, 0.05) is 38.8 Å². The van der Waals surface area contributed by atoms with E-state index in [-0.39, 0.29) is 5.41 Å². The highest BCUT2D eigenvalue weighted by Gasteiger charge is 2.37. The van der Waals surface area contributed by atoms with Crippen LogP contribution in [0.25, 0.3) is 82.8 Å². The molecule has 0 N–H and O–H groups in total. The van der Waals surface area contributed by atoms with Gasteiger partial charge in [0.05, 0.1) is 16.7 Å². The summed E-state index contributed by atoms with van der Waals surface area (Å²) in [4.78, 5) is 2.47. The molecule has 0 bridgehead atoms. The molecule has 0 aliphatic heterocycles. The molecule has 1 aliphatic rings. The van der Waals surface area contributed by atoms with Gasteiger partial charge in [-0.2, -0.15) is 0 Å². The fourth-order valence-corrected chi connectivity index (χ4v) is 10.4. The number of rotatable bonds is 7. The van der Waals surface area contributed by atoms with E-state index in [9.17, 15) is 0 Å². The third-order valence-corrected chi connectivity index (χ3v) is 13.4. The van der Waals surface area contributed by atoms with E-state index in [1.807, 2.05) is 0 Å². The second-order valence-corrected chi connectivity index (χ2v) is 17.3. The summed E-state index contributed by atoms with van der Waals surface area (Å²) in [6.45, 7) is 4.72. The van der Waals surface area contributed by atoms with E-state index in [0.717, 1.165) is 22.7 Å². The molecule has 0 radical (unpaired) electrons. The van der Waals surface area contributed by atoms with Gasteiger partial charge < -0.3 is 9.47 Å². The van der Waals surface area contributed by atoms with E-state index >= 15 is 0 Å². The van der Waals surface area contributed by atoms with Crippen LogP contribution in [0.2, 0.25) is 0 Å². The van der Waals surface area contributed by atoms with Crippen LogP contribution in [0.3, 0.4) is 0 Å². The fourth-order valence-electron chi connectivity index (χ4n) is 10.4. The van der Waals surface area contributed by atoms with Gasteiger partial charge in [-0.25, -0.2) is 0 Å². The molecule has 1 aliphatic carbocycles. The van der Waals surface area contributed by atoms with Crippen LogP contribution in [0, 0.1) is 0 Å². The predicted molar refractivity (Wildman–Crippen MR) is 267 cm³/mol. The summed E-state index contributed by atoms with van der Waals surface area (Å²) >= 11 is 0. The average Bonchev–Trinajstić information content (AvgIpc) is 3.81. The van der Waals surface area contributed by atoms with E-state index in [0.29, 0.717) is 0 Å². The third kappa shape index (κ3) is 5.94. The molecule has 2 heteroatoms. The number of fused-ring (bicyclic) bond motifs is 7. The Labute approximate surface area is 368 Å². The standard InChI is InChI=1S/C61H44N2/c1-61(2)54-31-11-8-27-52(54)59-51(30-16-32-55(59)61)50-26-9-12-33-56(50)62(47-24-14-20-43(39-47)44-37-36-41-18-6-7-19-42(41)38-44)48-25-15-21-45(40-48)49-29-17-35-58-60(49)53-28-10-13-34-57(53)63(58)46-22-4-3-5-23-46/h3-40H,1-2H3. The maximum absolute atomic E-state index is 2.47. The Morgan fingerprint density at radius 3 is 1.83 bits per heavy atom. The highest BCUT2D eigenvalue weighted by atomic mass is 15.1. The van der Waals surface area contributed by atoms with E-state index in [4.69, 9.17) is 0 Å². The maximum atomic E-state index is 2.47. The number of anilines is 3. The molecule has 0 fully saturated rings. The van der Waals surface area contributed by atoms with Gasteiger partial charge in [0.2, 0.25) is 0 Å². The van der Waals surface area contributed by atoms with Gasteiger partial charge in [-0.3, -0.25) is 0 Å². The maximum Gasteiger partial charge on any atom is 0.0547 e. The largest absolute Gasteiger partial charge is 0.310 e. The summed E-state index contributed by atoms with van der Waals surface area (Å²) in [5.41, 5.74) is 19.3. The van der Waals surface area contributed by atoms with E-state index < -0.39 is 0 Å². The van der Waals surface area contributed by atoms with Crippen molar-refractivity contribution >= 4 is 49.6 Å². The average molecular weight is 805 g/mol. The summed E-state index contributed by atoms with van der Waals surface area (Å²) in [7, 11) is 0. The monoisotopic (exact) mass is 804 g/mol. The fraction of sp³-hybridized carbons (Fsp3) is 0.0492. The highest BCUT2D eigenvalue weighted by molar-refractivity contribution is 6.16. The van der Waals surface area contributed by atoms with E-state index in [1.54, 1.807) is 0 Å². The van der Waals surface area contributed by atoms with Crippen molar-refractivity contribution in [3.05, 3.63) is 242 Å². The molecular formula is C61H44N2. The zero-order chi connectivity index (χ0) is 42.1. The number of nitrogens with zero attached hydrogens (tertiary/aromatic N) is 2. The quantitative estimate of drug-likeness (QED) is 0.156. The summed E-state index contributed by atoms with van der Waals surface area (Å²) in [5, 5.41) is 4.97. The lowest BCUT2D eigenvalue weighted by molar-refractivity contribution is 0.660. The Bertz CT molecular complexity index is 3550. The molecule has 0 saturated heterocycles. The minimum atomic E-state index is -0.107. The van der Waals surface area contributed by atoms with Crippen LogP contribution in [-0.2, 0) is 5.41 Å². The zero-order valence-electron chi connectivity index (χ0n) is 35.3. The van der Waals surface area contributed by atoms with Gasteiger partial charge in [-0.1, -0.05) is 184 Å². The molecule has 0 unspecified atom stereocenters. The van der Waals surface area contributed by atoms with Gasteiger partial charge in [0.15, 0.2) is 0 Å². The van der Waals surface area contributed by atoms with Crippen LogP contribution in [0.5, 0.6) is 0 Å². The molecule has 0 spiro atoms. The van der Waals surface area contributed by atoms with Crippen LogP contribution in [0.4, 0.5) is 17.1 Å². The Kier molecular flexibility index (Phi) is 8.55. The molecule has 63 heavy (non-hydrogen) atoms. The first-order chi connectivity index (χ1) is 31.0. The summed E-state index contributed by atoms with van der Waals surface area (Å²) in [6.07, 6.45) is 0. The van der Waals surface area contributed by atoms with Crippen molar-refractivity contribution in [1.29, 1.82) is 0 Å². The van der Waals surface area contributed by atoms with Gasteiger partial charge in [0.25, 0.3) is 0 Å². The summed E-state index contributed by atoms with van der Waals surface area (Å²) < 4.78 is 2.40. The summed E-state index contributed by atoms with van der Waals surface area (Å²) in [6, 6.07) is 84.7. The second kappa shape index (κ2) is 14.6. The third-order valence-electron chi connectivity index (χ3n) is 13.4. The lowest BCUT2D eigenvalue weighted by Gasteiger charge is -2.29. The van der Waals surface area contributed by atoms with Gasteiger partial charge in [-0.15, -0.1) is 0 Å². The molecule has 298 valence electrons. The van der Waals surface area contributed by atoms with Gasteiger partial charge in [-0.05, 0) is 122 Å². The normalized spacial score (nSPS) is 12.7. The van der Waals surface area contributed by atoms with Crippen molar-refractivity contribution in [2.75, 3.05) is 4.90 Å². The Balaban J connectivity index is 1.08. The van der Waals surface area contributed by atoms with Crippen LogP contribution in [0.1, 0.15) is 25.0 Å². The molecule has 12 rings (SSSR count). The lowest BCUT2D eigenvalue weighted by atomic mass is 9.82. The first kappa shape index (κ1) is 36.9. The molecule has 10 aromatic carbocycles. The van der Waals surface area contributed by atoms with Crippen molar-refractivity contribution < 1.29 is 0 Å². The van der Waals surface area contributed by atoms with Gasteiger partial charge >= 0.3 is 0 Å². The van der Waals surface area contributed by atoms with Crippen LogP contribution >= 0.6 is 0 Å². The van der Waals surface area contributed by atoms with Crippen molar-refractivity contribution in [2.24, 2.45) is 0 Å². The molecule has 0 saturated carbocycles. The van der Waals surface area contributed by atoms with Crippen molar-refractivity contribution in [1.82, 2.24) is 4.57 Å². The molecule has 1 aromatic heterocycles. The first-order valence-electron chi connectivity index (χ1n) is 21.9. The molecular weight excluding hydrogens is 761 g/mol. The van der Waals surface area contributed by atoms with E-state index in [1.165, 1.54) is 88.2 Å². The molecule has 0 amide bonds. The summed E-state index contributed by atoms with van der Waals surface area (Å²) in [5.74, 6) is 0. The second-order valence-electron chi connectivity index (χ2n) is 17.3. The highest BCUT2D eigenvalue weighted by Crippen LogP contribution is 2.54. The molecule has 11 aromatic rings.